The zero-order valence-corrected chi connectivity index (χ0v) is 20.3. The lowest BCUT2D eigenvalue weighted by Crippen LogP contribution is -2.41. The van der Waals surface area contributed by atoms with E-state index in [1.165, 1.54) is 12.1 Å². The molecule has 3 aromatic carbocycles. The van der Waals surface area contributed by atoms with Crippen molar-refractivity contribution in [2.75, 3.05) is 24.0 Å². The van der Waals surface area contributed by atoms with Crippen LogP contribution in [0.25, 0.3) is 0 Å². The van der Waals surface area contributed by atoms with Gasteiger partial charge in [-0.1, -0.05) is 29.8 Å². The summed E-state index contributed by atoms with van der Waals surface area (Å²) in [6, 6.07) is 18.4. The smallest absolute Gasteiger partial charge is 0.264 e. The van der Waals surface area contributed by atoms with E-state index in [0.717, 1.165) is 22.0 Å². The van der Waals surface area contributed by atoms with E-state index in [1.807, 2.05) is 31.2 Å². The molecule has 0 atom stereocenters. The first-order valence-corrected chi connectivity index (χ1v) is 12.6. The molecule has 0 radical (unpaired) electrons. The van der Waals surface area contributed by atoms with Crippen molar-refractivity contribution in [3.05, 3.63) is 89.2 Å². The molecule has 0 aromatic heterocycles. The summed E-state index contributed by atoms with van der Waals surface area (Å²) in [6.07, 6.45) is 1.32. The molecule has 0 heterocycles. The molecule has 0 unspecified atom stereocenters. The van der Waals surface area contributed by atoms with Crippen LogP contribution in [0.1, 0.15) is 18.9 Å². The Bertz CT molecular complexity index is 1200. The Balaban J connectivity index is 1.73. The average Bonchev–Trinajstić information content (AvgIpc) is 2.82. The van der Waals surface area contributed by atoms with Gasteiger partial charge in [-0.05, 0) is 79.9 Å². The number of carbonyl (C=O) groups is 1. The molecule has 0 fully saturated rings. The predicted octanol–water partition coefficient (Wildman–Crippen LogP) is 4.82. The summed E-state index contributed by atoms with van der Waals surface area (Å²) in [5, 5.41) is 3.43. The third-order valence-electron chi connectivity index (χ3n) is 5.03. The van der Waals surface area contributed by atoms with Gasteiger partial charge in [0.1, 0.15) is 18.1 Å². The van der Waals surface area contributed by atoms with E-state index >= 15 is 0 Å². The molecular formula is C25H26ClFN2O4S. The molecule has 0 aliphatic rings. The van der Waals surface area contributed by atoms with Crippen LogP contribution in [0.5, 0.6) is 5.75 Å². The quantitative estimate of drug-likeness (QED) is 0.380. The highest BCUT2D eigenvalue weighted by Crippen LogP contribution is 2.26. The Morgan fingerprint density at radius 1 is 1.03 bits per heavy atom. The summed E-state index contributed by atoms with van der Waals surface area (Å²) in [7, 11) is -4.12. The summed E-state index contributed by atoms with van der Waals surface area (Å²) < 4.78 is 46.4. The van der Waals surface area contributed by atoms with Crippen molar-refractivity contribution < 1.29 is 22.3 Å². The Kier molecular flexibility index (Phi) is 8.90. The minimum absolute atomic E-state index is 0.116. The van der Waals surface area contributed by atoms with Crippen molar-refractivity contribution in [2.45, 2.75) is 24.7 Å². The molecule has 0 saturated carbocycles. The lowest BCUT2D eigenvalue weighted by Gasteiger charge is -2.24. The molecule has 180 valence electrons. The van der Waals surface area contributed by atoms with Crippen molar-refractivity contribution in [3.8, 4) is 5.75 Å². The monoisotopic (exact) mass is 504 g/mol. The van der Waals surface area contributed by atoms with Gasteiger partial charge in [0.15, 0.2) is 0 Å². The fourth-order valence-corrected chi connectivity index (χ4v) is 4.97. The van der Waals surface area contributed by atoms with E-state index in [-0.39, 0.29) is 4.90 Å². The van der Waals surface area contributed by atoms with Gasteiger partial charge in [-0.15, -0.1) is 0 Å². The third-order valence-corrected chi connectivity index (χ3v) is 7.18. The maximum Gasteiger partial charge on any atom is 0.264 e. The molecule has 0 spiro atoms. The first kappa shape index (κ1) is 25.5. The second-order valence-corrected chi connectivity index (χ2v) is 9.71. The number of anilines is 1. The van der Waals surface area contributed by atoms with Crippen LogP contribution in [0.15, 0.2) is 77.7 Å². The van der Waals surface area contributed by atoms with Gasteiger partial charge in [0, 0.05) is 11.6 Å². The van der Waals surface area contributed by atoms with E-state index in [9.17, 15) is 17.6 Å². The van der Waals surface area contributed by atoms with Crippen LogP contribution in [0.3, 0.4) is 0 Å². The molecule has 3 rings (SSSR count). The normalized spacial score (nSPS) is 11.1. The third kappa shape index (κ3) is 6.71. The van der Waals surface area contributed by atoms with E-state index in [2.05, 4.69) is 5.32 Å². The van der Waals surface area contributed by atoms with E-state index in [1.54, 1.807) is 24.3 Å². The van der Waals surface area contributed by atoms with Crippen molar-refractivity contribution in [1.29, 1.82) is 0 Å². The maximum absolute atomic E-state index is 13.4. The number of carbonyl (C=O) groups excluding carboxylic acids is 1. The molecule has 0 saturated heterocycles. The lowest BCUT2D eigenvalue weighted by atomic mass is 10.1. The fraction of sp³-hybridized carbons (Fsp3) is 0.240. The van der Waals surface area contributed by atoms with Crippen LogP contribution in [-0.4, -0.2) is 34.0 Å². The lowest BCUT2D eigenvalue weighted by molar-refractivity contribution is -0.119. The number of rotatable bonds is 11. The first-order chi connectivity index (χ1) is 16.3. The highest BCUT2D eigenvalue weighted by molar-refractivity contribution is 7.92. The van der Waals surface area contributed by atoms with Crippen LogP contribution < -0.4 is 14.4 Å². The molecule has 34 heavy (non-hydrogen) atoms. The predicted molar refractivity (Wildman–Crippen MR) is 131 cm³/mol. The highest BCUT2D eigenvalue weighted by Gasteiger charge is 2.27. The van der Waals surface area contributed by atoms with Crippen LogP contribution in [0, 0.1) is 5.82 Å². The summed E-state index contributed by atoms with van der Waals surface area (Å²) >= 11 is 6.16. The number of amides is 1. The number of nitrogens with zero attached hydrogens (tertiary/aromatic N) is 1. The number of hydrogen-bond donors (Lipinski definition) is 1. The summed E-state index contributed by atoms with van der Waals surface area (Å²) in [4.78, 5) is 12.6. The van der Waals surface area contributed by atoms with Crippen LogP contribution in [-0.2, 0) is 21.2 Å². The van der Waals surface area contributed by atoms with E-state index in [4.69, 9.17) is 16.3 Å². The number of aryl methyl sites for hydroxylation is 1. The van der Waals surface area contributed by atoms with Gasteiger partial charge >= 0.3 is 0 Å². The number of sulfonamides is 1. The van der Waals surface area contributed by atoms with Crippen molar-refractivity contribution >= 4 is 33.2 Å². The number of benzene rings is 3. The second-order valence-electron chi connectivity index (χ2n) is 7.44. The molecule has 0 aliphatic carbocycles. The Morgan fingerprint density at radius 3 is 2.35 bits per heavy atom. The molecule has 1 N–H and O–H groups in total. The van der Waals surface area contributed by atoms with E-state index < -0.39 is 28.3 Å². The first-order valence-electron chi connectivity index (χ1n) is 10.8. The van der Waals surface area contributed by atoms with Gasteiger partial charge in [0.2, 0.25) is 5.91 Å². The summed E-state index contributed by atoms with van der Waals surface area (Å²) in [5.41, 5.74) is 1.27. The van der Waals surface area contributed by atoms with Gasteiger partial charge in [-0.3, -0.25) is 9.10 Å². The van der Waals surface area contributed by atoms with Crippen molar-refractivity contribution in [2.24, 2.45) is 0 Å². The Labute approximate surface area is 204 Å². The number of ether oxygens (including phenoxy) is 1. The van der Waals surface area contributed by atoms with Gasteiger partial charge in [-0.2, -0.15) is 0 Å². The van der Waals surface area contributed by atoms with Crippen molar-refractivity contribution in [3.63, 3.8) is 0 Å². The van der Waals surface area contributed by atoms with Gasteiger partial charge in [0.25, 0.3) is 10.0 Å². The van der Waals surface area contributed by atoms with Gasteiger partial charge < -0.3 is 10.1 Å². The van der Waals surface area contributed by atoms with Crippen LogP contribution in [0.2, 0.25) is 5.02 Å². The number of nitrogens with one attached hydrogen (secondary N) is 1. The maximum atomic E-state index is 13.4. The topological polar surface area (TPSA) is 75.7 Å². The van der Waals surface area contributed by atoms with E-state index in [0.29, 0.717) is 42.5 Å². The fourth-order valence-electron chi connectivity index (χ4n) is 3.32. The van der Waals surface area contributed by atoms with Crippen LogP contribution in [0.4, 0.5) is 10.1 Å². The molecule has 1 amide bonds. The second kappa shape index (κ2) is 11.9. The van der Waals surface area contributed by atoms with Gasteiger partial charge in [-0.25, -0.2) is 12.8 Å². The standard InChI is InChI=1S/C25H26ClFN2O4S/c1-2-33-22-13-11-21(12-14-22)29(34(31,32)23-15-9-20(27)10-16-23)18-25(30)28-17-5-7-19-6-3-4-8-24(19)26/h3-4,6,8-16H,2,5,7,17-18H2,1H3,(H,28,30). The average molecular weight is 505 g/mol. The molecule has 3 aromatic rings. The number of hydrogen-bond acceptors (Lipinski definition) is 4. The molecule has 9 heteroatoms. The Morgan fingerprint density at radius 2 is 1.71 bits per heavy atom. The highest BCUT2D eigenvalue weighted by atomic mass is 35.5. The minimum atomic E-state index is -4.12. The zero-order valence-electron chi connectivity index (χ0n) is 18.7. The summed E-state index contributed by atoms with van der Waals surface area (Å²) in [5.74, 6) is -0.434. The zero-order chi connectivity index (χ0) is 24.6. The largest absolute Gasteiger partial charge is 0.494 e. The molecular weight excluding hydrogens is 479 g/mol. The summed E-state index contributed by atoms with van der Waals surface area (Å²) in [6.45, 7) is 2.24. The van der Waals surface area contributed by atoms with Gasteiger partial charge in [0.05, 0.1) is 17.2 Å². The number of halogens is 2. The van der Waals surface area contributed by atoms with Crippen LogP contribution >= 0.6 is 11.6 Å². The Hall–Kier alpha value is -3.10. The molecule has 0 bridgehead atoms. The minimum Gasteiger partial charge on any atom is -0.494 e. The van der Waals surface area contributed by atoms with Crippen molar-refractivity contribution in [1.82, 2.24) is 5.32 Å². The SMILES string of the molecule is CCOc1ccc(N(CC(=O)NCCCc2ccccc2Cl)S(=O)(=O)c2ccc(F)cc2)cc1. The molecule has 6 nitrogen and oxygen atoms in total. The molecule has 0 aliphatic heterocycles.